The summed E-state index contributed by atoms with van der Waals surface area (Å²) in [6, 6.07) is 15.0. The van der Waals surface area contributed by atoms with E-state index in [4.69, 9.17) is 14.2 Å². The van der Waals surface area contributed by atoms with Crippen molar-refractivity contribution in [2.24, 2.45) is 0 Å². The van der Waals surface area contributed by atoms with E-state index in [9.17, 15) is 9.59 Å². The van der Waals surface area contributed by atoms with Gasteiger partial charge in [-0.05, 0) is 24.5 Å². The number of cyclic esters (lactones) is 1. The molecule has 0 N–H and O–H groups in total. The zero-order valence-electron chi connectivity index (χ0n) is 18.5. The number of carbonyl (C=O) groups is 2. The first-order valence-corrected chi connectivity index (χ1v) is 10.8. The fourth-order valence-corrected chi connectivity index (χ4v) is 4.05. The lowest BCUT2D eigenvalue weighted by Gasteiger charge is -2.26. The van der Waals surface area contributed by atoms with E-state index in [2.05, 4.69) is 6.92 Å². The summed E-state index contributed by atoms with van der Waals surface area (Å²) in [6.07, 6.45) is 3.58. The molecule has 1 heterocycles. The number of amides is 2. The summed E-state index contributed by atoms with van der Waals surface area (Å²) in [5.74, 6) is 0.517. The Labute approximate surface area is 184 Å². The normalized spacial score (nSPS) is 16.7. The smallest absolute Gasteiger partial charge is 0.417 e. The van der Waals surface area contributed by atoms with E-state index in [0.29, 0.717) is 24.3 Å². The molecule has 2 amide bonds. The van der Waals surface area contributed by atoms with Gasteiger partial charge in [0.1, 0.15) is 18.1 Å². The average Bonchev–Trinajstić information content (AvgIpc) is 3.16. The Morgan fingerprint density at radius 3 is 2.58 bits per heavy atom. The summed E-state index contributed by atoms with van der Waals surface area (Å²) in [6.45, 7) is 2.33. The van der Waals surface area contributed by atoms with Crippen LogP contribution in [0.4, 0.5) is 4.79 Å². The lowest BCUT2D eigenvalue weighted by Crippen LogP contribution is -2.43. The number of imide groups is 1. The number of methoxy groups -OCH3 is 2. The fourth-order valence-electron chi connectivity index (χ4n) is 4.05. The molecule has 6 nitrogen and oxygen atoms in total. The van der Waals surface area contributed by atoms with E-state index >= 15 is 0 Å². The second-order valence-corrected chi connectivity index (χ2v) is 7.78. The van der Waals surface area contributed by atoms with Crippen molar-refractivity contribution < 1.29 is 23.8 Å². The van der Waals surface area contributed by atoms with Crippen LogP contribution in [0.1, 0.15) is 49.7 Å². The maximum absolute atomic E-state index is 13.7. The van der Waals surface area contributed by atoms with Crippen LogP contribution < -0.4 is 9.47 Å². The van der Waals surface area contributed by atoms with E-state index in [0.717, 1.165) is 30.4 Å². The zero-order valence-corrected chi connectivity index (χ0v) is 18.5. The third-order valence-corrected chi connectivity index (χ3v) is 5.72. The summed E-state index contributed by atoms with van der Waals surface area (Å²) < 4.78 is 16.2. The van der Waals surface area contributed by atoms with Crippen LogP contribution in [-0.2, 0) is 16.0 Å². The highest BCUT2D eigenvalue weighted by atomic mass is 16.6. The predicted octanol–water partition coefficient (Wildman–Crippen LogP) is 4.96. The first-order chi connectivity index (χ1) is 15.1. The quantitative estimate of drug-likeness (QED) is 0.504. The molecule has 1 aliphatic heterocycles. The molecule has 1 fully saturated rings. The van der Waals surface area contributed by atoms with Gasteiger partial charge >= 0.3 is 6.09 Å². The van der Waals surface area contributed by atoms with Crippen molar-refractivity contribution in [3.8, 4) is 11.5 Å². The number of benzene rings is 2. The summed E-state index contributed by atoms with van der Waals surface area (Å²) in [4.78, 5) is 27.6. The number of ether oxygens (including phenoxy) is 3. The monoisotopic (exact) mass is 425 g/mol. The van der Waals surface area contributed by atoms with Gasteiger partial charge in [0.2, 0.25) is 5.91 Å². The second-order valence-electron chi connectivity index (χ2n) is 7.78. The predicted molar refractivity (Wildman–Crippen MR) is 119 cm³/mol. The van der Waals surface area contributed by atoms with Gasteiger partial charge in [-0.2, -0.15) is 0 Å². The number of nitrogens with zero attached hydrogens (tertiary/aromatic N) is 1. The van der Waals surface area contributed by atoms with Crippen molar-refractivity contribution in [3.05, 3.63) is 59.7 Å². The molecule has 1 unspecified atom stereocenters. The first-order valence-electron chi connectivity index (χ1n) is 10.8. The molecular formula is C25H31NO5. The molecule has 3 rings (SSSR count). The SMILES string of the molecule is CCCCCC(C(=O)N1C(=O)OC[C@@H]1Cc1ccccc1)c1ccc(OC)cc1OC. The Balaban J connectivity index is 1.90. The highest BCUT2D eigenvalue weighted by Crippen LogP contribution is 2.36. The van der Waals surface area contributed by atoms with Gasteiger partial charge in [0, 0.05) is 11.6 Å². The van der Waals surface area contributed by atoms with Crippen molar-refractivity contribution >= 4 is 12.0 Å². The molecule has 0 bridgehead atoms. The average molecular weight is 426 g/mol. The molecule has 31 heavy (non-hydrogen) atoms. The topological polar surface area (TPSA) is 65.1 Å². The van der Waals surface area contributed by atoms with Crippen molar-refractivity contribution in [2.45, 2.75) is 51.0 Å². The number of hydrogen-bond acceptors (Lipinski definition) is 5. The van der Waals surface area contributed by atoms with Gasteiger partial charge in [0.25, 0.3) is 0 Å². The molecule has 1 saturated heterocycles. The third-order valence-electron chi connectivity index (χ3n) is 5.72. The minimum absolute atomic E-state index is 0.209. The molecule has 0 saturated carbocycles. The van der Waals surface area contributed by atoms with Gasteiger partial charge in [0.05, 0.1) is 26.2 Å². The van der Waals surface area contributed by atoms with Gasteiger partial charge in [-0.3, -0.25) is 4.79 Å². The Bertz CT molecular complexity index is 883. The van der Waals surface area contributed by atoms with E-state index in [1.807, 2.05) is 42.5 Å². The largest absolute Gasteiger partial charge is 0.497 e. The molecule has 0 radical (unpaired) electrons. The lowest BCUT2D eigenvalue weighted by molar-refractivity contribution is -0.131. The van der Waals surface area contributed by atoms with Crippen molar-refractivity contribution in [2.75, 3.05) is 20.8 Å². The second kappa shape index (κ2) is 10.8. The van der Waals surface area contributed by atoms with Crippen LogP contribution in [0.25, 0.3) is 0 Å². The van der Waals surface area contributed by atoms with Gasteiger partial charge < -0.3 is 14.2 Å². The third kappa shape index (κ3) is 5.37. The van der Waals surface area contributed by atoms with Crippen LogP contribution in [0, 0.1) is 0 Å². The molecule has 2 atom stereocenters. The minimum atomic E-state index is -0.570. The molecular weight excluding hydrogens is 394 g/mol. The van der Waals surface area contributed by atoms with Crippen LogP contribution in [0.3, 0.4) is 0 Å². The van der Waals surface area contributed by atoms with E-state index in [-0.39, 0.29) is 18.6 Å². The highest BCUT2D eigenvalue weighted by molar-refractivity contribution is 5.97. The Kier molecular flexibility index (Phi) is 7.93. The maximum Gasteiger partial charge on any atom is 0.417 e. The molecule has 0 aromatic heterocycles. The van der Waals surface area contributed by atoms with E-state index < -0.39 is 12.0 Å². The molecule has 2 aromatic carbocycles. The van der Waals surface area contributed by atoms with Crippen LogP contribution in [0.5, 0.6) is 11.5 Å². The number of hydrogen-bond donors (Lipinski definition) is 0. The van der Waals surface area contributed by atoms with Crippen molar-refractivity contribution in [3.63, 3.8) is 0 Å². The minimum Gasteiger partial charge on any atom is -0.497 e. The van der Waals surface area contributed by atoms with Gasteiger partial charge in [0.15, 0.2) is 0 Å². The van der Waals surface area contributed by atoms with E-state index in [1.165, 1.54) is 4.90 Å². The Morgan fingerprint density at radius 2 is 1.90 bits per heavy atom. The Hall–Kier alpha value is -3.02. The van der Waals surface area contributed by atoms with Gasteiger partial charge in [-0.25, -0.2) is 9.69 Å². The summed E-state index contributed by atoms with van der Waals surface area (Å²) in [5, 5.41) is 0. The lowest BCUT2D eigenvalue weighted by atomic mass is 9.90. The Morgan fingerprint density at radius 1 is 1.13 bits per heavy atom. The molecule has 0 aliphatic carbocycles. The van der Waals surface area contributed by atoms with Gasteiger partial charge in [-0.1, -0.05) is 62.6 Å². The van der Waals surface area contributed by atoms with Crippen molar-refractivity contribution in [1.29, 1.82) is 0 Å². The van der Waals surface area contributed by atoms with Crippen LogP contribution >= 0.6 is 0 Å². The number of carbonyl (C=O) groups excluding carboxylic acids is 2. The number of rotatable bonds is 10. The molecule has 1 aliphatic rings. The van der Waals surface area contributed by atoms with Crippen LogP contribution in [-0.4, -0.2) is 43.8 Å². The van der Waals surface area contributed by atoms with Crippen LogP contribution in [0.2, 0.25) is 0 Å². The van der Waals surface area contributed by atoms with E-state index in [1.54, 1.807) is 20.3 Å². The first kappa shape index (κ1) is 22.7. The fraction of sp³-hybridized carbons (Fsp3) is 0.440. The summed E-state index contributed by atoms with van der Waals surface area (Å²) >= 11 is 0. The molecule has 166 valence electrons. The standard InChI is InChI=1S/C25H31NO5/c1-4-5-7-12-22(21-14-13-20(29-2)16-23(21)30-3)24(27)26-19(17-31-25(26)28)15-18-10-8-6-9-11-18/h6,8-11,13-14,16,19,22H,4-5,7,12,15,17H2,1-3H3/t19-,22?/m0/s1. The maximum atomic E-state index is 13.7. The molecule has 0 spiro atoms. The summed E-state index contributed by atoms with van der Waals surface area (Å²) in [5.41, 5.74) is 1.83. The zero-order chi connectivity index (χ0) is 22.2. The molecule has 6 heteroatoms. The van der Waals surface area contributed by atoms with Crippen molar-refractivity contribution in [1.82, 2.24) is 4.90 Å². The van der Waals surface area contributed by atoms with Gasteiger partial charge in [-0.15, -0.1) is 0 Å². The molecule has 2 aromatic rings. The number of unbranched alkanes of at least 4 members (excludes halogenated alkanes) is 2. The highest BCUT2D eigenvalue weighted by Gasteiger charge is 2.41. The summed E-state index contributed by atoms with van der Waals surface area (Å²) in [7, 11) is 3.17. The van der Waals surface area contributed by atoms with Crippen LogP contribution in [0.15, 0.2) is 48.5 Å².